The van der Waals surface area contributed by atoms with E-state index >= 15 is 0 Å². The second kappa shape index (κ2) is 9.87. The fourth-order valence-electron chi connectivity index (χ4n) is 4.84. The molecule has 0 radical (unpaired) electrons. The van der Waals surface area contributed by atoms with E-state index in [0.717, 1.165) is 42.6 Å². The summed E-state index contributed by atoms with van der Waals surface area (Å²) in [7, 11) is 4.06. The predicted octanol–water partition coefficient (Wildman–Crippen LogP) is 2.83. The smallest absolute Gasteiger partial charge is 0.290 e. The molecule has 1 saturated carbocycles. The number of likely N-dealkylation sites (N-methyl/N-ethyl adjacent to an activating group) is 1. The van der Waals surface area contributed by atoms with E-state index in [4.69, 9.17) is 9.90 Å². The van der Waals surface area contributed by atoms with Crippen LogP contribution in [0.5, 0.6) is 0 Å². The summed E-state index contributed by atoms with van der Waals surface area (Å²) in [5, 5.41) is 17.4. The third-order valence-corrected chi connectivity index (χ3v) is 6.30. The number of aliphatic hydroxyl groups excluding tert-OH is 1. The topological polar surface area (TPSA) is 81.1 Å². The van der Waals surface area contributed by atoms with Gasteiger partial charge in [0.1, 0.15) is 0 Å². The minimum atomic E-state index is -0.298. The highest BCUT2D eigenvalue weighted by atomic mass is 16.3. The van der Waals surface area contributed by atoms with Gasteiger partial charge in [-0.3, -0.25) is 9.59 Å². The quantitative estimate of drug-likeness (QED) is 0.761. The maximum Gasteiger partial charge on any atom is 0.290 e. The number of likely N-dealkylation sites (tertiary alicyclic amines) is 1. The number of carboxylic acid groups (broad SMARTS) is 1. The summed E-state index contributed by atoms with van der Waals surface area (Å²) in [5.74, 6) is 0.998. The summed E-state index contributed by atoms with van der Waals surface area (Å²) in [5.41, 5.74) is 2.83. The maximum absolute atomic E-state index is 13.3. The zero-order valence-corrected chi connectivity index (χ0v) is 17.5. The molecule has 2 aromatic rings. The van der Waals surface area contributed by atoms with E-state index in [2.05, 4.69) is 4.90 Å². The van der Waals surface area contributed by atoms with Gasteiger partial charge in [0.25, 0.3) is 12.4 Å². The van der Waals surface area contributed by atoms with E-state index in [9.17, 15) is 9.90 Å². The number of carbonyl (C=O) groups excluding carboxylic acids is 1. The zero-order chi connectivity index (χ0) is 21.7. The Hall–Kier alpha value is -2.70. The van der Waals surface area contributed by atoms with Crippen LogP contribution in [0.4, 0.5) is 0 Å². The fraction of sp³-hybridized carbons (Fsp3) is 0.417. The molecule has 160 valence electrons. The molecule has 4 rings (SSSR count). The number of aliphatic hydroxyl groups is 1. The monoisotopic (exact) mass is 410 g/mol. The van der Waals surface area contributed by atoms with E-state index in [-0.39, 0.29) is 24.5 Å². The van der Waals surface area contributed by atoms with Crippen LogP contribution in [0.15, 0.2) is 54.6 Å². The lowest BCUT2D eigenvalue weighted by Gasteiger charge is -2.38. The predicted molar refractivity (Wildman–Crippen MR) is 116 cm³/mol. The number of hydrogen-bond acceptors (Lipinski definition) is 4. The van der Waals surface area contributed by atoms with Crippen molar-refractivity contribution in [1.82, 2.24) is 9.80 Å². The molecule has 2 N–H and O–H groups in total. The molecule has 2 aliphatic rings. The van der Waals surface area contributed by atoms with Crippen molar-refractivity contribution >= 4 is 12.4 Å². The largest absolute Gasteiger partial charge is 0.483 e. The van der Waals surface area contributed by atoms with Crippen LogP contribution in [0.3, 0.4) is 0 Å². The van der Waals surface area contributed by atoms with Crippen molar-refractivity contribution in [1.29, 1.82) is 0 Å². The van der Waals surface area contributed by atoms with Crippen LogP contribution < -0.4 is 0 Å². The molecule has 2 aromatic carbocycles. The molecule has 6 nitrogen and oxygen atoms in total. The first-order valence-corrected chi connectivity index (χ1v) is 10.3. The van der Waals surface area contributed by atoms with Crippen molar-refractivity contribution in [2.75, 3.05) is 27.2 Å². The number of benzene rings is 2. The lowest BCUT2D eigenvalue weighted by molar-refractivity contribution is -0.122. The van der Waals surface area contributed by atoms with Gasteiger partial charge < -0.3 is 20.0 Å². The van der Waals surface area contributed by atoms with Gasteiger partial charge in [0, 0.05) is 24.7 Å². The molecule has 1 amide bonds. The first-order valence-electron chi connectivity index (χ1n) is 10.3. The molecule has 4 atom stereocenters. The highest BCUT2D eigenvalue weighted by molar-refractivity contribution is 6.01. The van der Waals surface area contributed by atoms with Gasteiger partial charge in [-0.25, -0.2) is 0 Å². The standard InChI is InChI=1S/C23H28N2O2.CH2O2/c1-24(2)21-12-17-14-25(15-18(17)13-22(21)26)23(27)20-11-7-6-10-19(20)16-8-4-3-5-9-16;2-1-3/h3-11,17-18,21-22,26H,12-15H2,1-2H3;1H,(H,2,3)/t17-,18+,21-,22-;/m1./s1. The number of fused-ring (bicyclic) bond motifs is 1. The number of hydrogen-bond donors (Lipinski definition) is 2. The number of carbonyl (C=O) groups is 2. The van der Waals surface area contributed by atoms with Gasteiger partial charge in [-0.1, -0.05) is 48.5 Å². The van der Waals surface area contributed by atoms with Gasteiger partial charge in [0.15, 0.2) is 0 Å². The first kappa shape index (κ1) is 22.0. The van der Waals surface area contributed by atoms with Crippen LogP contribution in [-0.4, -0.2) is 71.7 Å². The van der Waals surface area contributed by atoms with Gasteiger partial charge in [0.05, 0.1) is 6.10 Å². The average Bonchev–Trinajstić information content (AvgIpc) is 3.16. The Bertz CT molecular complexity index is 855. The normalized spacial score (nSPS) is 25.3. The Kier molecular flexibility index (Phi) is 7.24. The highest BCUT2D eigenvalue weighted by Gasteiger charge is 2.43. The summed E-state index contributed by atoms with van der Waals surface area (Å²) >= 11 is 0. The van der Waals surface area contributed by atoms with Gasteiger partial charge in [-0.2, -0.15) is 0 Å². The van der Waals surface area contributed by atoms with Gasteiger partial charge >= 0.3 is 0 Å². The summed E-state index contributed by atoms with van der Waals surface area (Å²) in [6.07, 6.45) is 1.45. The van der Waals surface area contributed by atoms with E-state index in [1.807, 2.05) is 73.6 Å². The molecule has 0 spiro atoms. The Balaban J connectivity index is 0.000000806. The van der Waals surface area contributed by atoms with Gasteiger partial charge in [-0.15, -0.1) is 0 Å². The van der Waals surface area contributed by atoms with Gasteiger partial charge in [-0.05, 0) is 56.0 Å². The number of rotatable bonds is 3. The molecule has 1 aliphatic heterocycles. The lowest BCUT2D eigenvalue weighted by Crippen LogP contribution is -2.46. The van der Waals surface area contributed by atoms with Crippen molar-refractivity contribution < 1.29 is 19.8 Å². The Morgan fingerprint density at radius 2 is 1.57 bits per heavy atom. The van der Waals surface area contributed by atoms with Gasteiger partial charge in [0.2, 0.25) is 0 Å². The Labute approximate surface area is 177 Å². The van der Waals surface area contributed by atoms with Crippen LogP contribution in [-0.2, 0) is 4.79 Å². The third-order valence-electron chi connectivity index (χ3n) is 6.30. The first-order chi connectivity index (χ1) is 14.5. The molecule has 0 bridgehead atoms. The van der Waals surface area contributed by atoms with Crippen LogP contribution >= 0.6 is 0 Å². The van der Waals surface area contributed by atoms with Crippen molar-refractivity contribution in [3.63, 3.8) is 0 Å². The van der Waals surface area contributed by atoms with E-state index < -0.39 is 0 Å². The molecule has 30 heavy (non-hydrogen) atoms. The molecule has 1 saturated heterocycles. The molecule has 1 heterocycles. The fourth-order valence-corrected chi connectivity index (χ4v) is 4.84. The third kappa shape index (κ3) is 4.71. The summed E-state index contributed by atoms with van der Waals surface area (Å²) in [6.45, 7) is 1.30. The summed E-state index contributed by atoms with van der Waals surface area (Å²) in [6, 6.07) is 18.2. The second-order valence-electron chi connectivity index (χ2n) is 8.32. The number of nitrogens with zero attached hydrogens (tertiary/aromatic N) is 2. The minimum absolute atomic E-state index is 0.111. The highest BCUT2D eigenvalue weighted by Crippen LogP contribution is 2.38. The van der Waals surface area contributed by atoms with Crippen LogP contribution in [0.2, 0.25) is 0 Å². The van der Waals surface area contributed by atoms with Crippen LogP contribution in [0, 0.1) is 11.8 Å². The van der Waals surface area contributed by atoms with Crippen molar-refractivity contribution in [3.8, 4) is 11.1 Å². The maximum atomic E-state index is 13.3. The second-order valence-corrected chi connectivity index (χ2v) is 8.32. The molecule has 0 aromatic heterocycles. The molecular formula is C24H30N2O4. The van der Waals surface area contributed by atoms with Crippen molar-refractivity contribution in [2.45, 2.75) is 25.0 Å². The molecule has 6 heteroatoms. The van der Waals surface area contributed by atoms with E-state index in [1.54, 1.807) is 0 Å². The molecular weight excluding hydrogens is 380 g/mol. The Morgan fingerprint density at radius 1 is 1.00 bits per heavy atom. The minimum Gasteiger partial charge on any atom is -0.483 e. The number of amides is 1. The summed E-state index contributed by atoms with van der Waals surface area (Å²) in [4.78, 5) is 25.8. The van der Waals surface area contributed by atoms with Crippen LogP contribution in [0.1, 0.15) is 23.2 Å². The SMILES string of the molecule is CN(C)[C@@H]1C[C@@H]2CN(C(=O)c3ccccc3-c3ccccc3)C[C@@H]2C[C@H]1O.O=CO. The summed E-state index contributed by atoms with van der Waals surface area (Å²) < 4.78 is 0. The van der Waals surface area contributed by atoms with E-state index in [0.29, 0.717) is 11.8 Å². The van der Waals surface area contributed by atoms with Crippen LogP contribution in [0.25, 0.3) is 11.1 Å². The molecule has 1 aliphatic carbocycles. The van der Waals surface area contributed by atoms with Crippen molar-refractivity contribution in [2.24, 2.45) is 11.8 Å². The lowest BCUT2D eigenvalue weighted by atomic mass is 9.77. The molecule has 2 fully saturated rings. The average molecular weight is 411 g/mol. The van der Waals surface area contributed by atoms with E-state index in [1.165, 1.54) is 0 Å². The molecule has 0 unspecified atom stereocenters. The zero-order valence-electron chi connectivity index (χ0n) is 17.5. The van der Waals surface area contributed by atoms with Crippen molar-refractivity contribution in [3.05, 3.63) is 60.2 Å². The Morgan fingerprint density at radius 3 is 2.20 bits per heavy atom.